The Kier molecular flexibility index (Phi) is 4.85. The maximum atomic E-state index is 12.3. The summed E-state index contributed by atoms with van der Waals surface area (Å²) in [4.78, 5) is 16.6. The molecule has 0 saturated carbocycles. The van der Waals surface area contributed by atoms with E-state index in [0.717, 1.165) is 26.7 Å². The molecule has 0 unspecified atom stereocenters. The second kappa shape index (κ2) is 7.60. The van der Waals surface area contributed by atoms with E-state index in [9.17, 15) is 4.79 Å². The van der Waals surface area contributed by atoms with E-state index in [1.807, 2.05) is 66.7 Å². The van der Waals surface area contributed by atoms with Gasteiger partial charge in [0.2, 0.25) is 5.91 Å². The molecule has 1 amide bonds. The lowest BCUT2D eigenvalue weighted by atomic mass is 10.2. The van der Waals surface area contributed by atoms with Gasteiger partial charge in [0.05, 0.1) is 11.2 Å². The number of nitrogens with one attached hydrogen (secondary N) is 1. The molecule has 0 radical (unpaired) electrons. The number of para-hydroxylation sites is 1. The standard InChI is InChI=1S/C22H15BrN2O2/c23-17-8-6-15(7-9-17)20-12-10-18(27-20)11-13-21(26)25-19-5-1-3-16-4-2-14-24-22(16)19/h1-14H,(H,25,26)/b13-11+. The topological polar surface area (TPSA) is 55.1 Å². The number of furan rings is 1. The predicted molar refractivity (Wildman–Crippen MR) is 111 cm³/mol. The number of aromatic nitrogens is 1. The normalized spacial score (nSPS) is 11.1. The van der Waals surface area contributed by atoms with Gasteiger partial charge in [0.15, 0.2) is 0 Å². The van der Waals surface area contributed by atoms with Crippen LogP contribution in [0.4, 0.5) is 5.69 Å². The van der Waals surface area contributed by atoms with E-state index in [0.29, 0.717) is 11.4 Å². The van der Waals surface area contributed by atoms with Crippen LogP contribution in [0.25, 0.3) is 28.3 Å². The minimum atomic E-state index is -0.241. The molecule has 0 aliphatic carbocycles. The Morgan fingerprint density at radius 3 is 2.67 bits per heavy atom. The van der Waals surface area contributed by atoms with Gasteiger partial charge in [0, 0.05) is 27.7 Å². The number of hydrogen-bond donors (Lipinski definition) is 1. The third kappa shape index (κ3) is 3.99. The Bertz CT molecular complexity index is 1130. The Labute approximate surface area is 164 Å². The number of pyridine rings is 1. The number of rotatable bonds is 4. The molecule has 0 fully saturated rings. The van der Waals surface area contributed by atoms with Gasteiger partial charge in [-0.1, -0.05) is 46.3 Å². The largest absolute Gasteiger partial charge is 0.457 e. The molecule has 0 spiro atoms. The number of halogens is 1. The third-order valence-corrected chi connectivity index (χ3v) is 4.57. The molecular weight excluding hydrogens is 404 g/mol. The molecule has 2 aromatic heterocycles. The smallest absolute Gasteiger partial charge is 0.248 e. The van der Waals surface area contributed by atoms with Crippen LogP contribution in [0.15, 0.2) is 87.9 Å². The number of amides is 1. The second-order valence-corrected chi connectivity index (χ2v) is 6.83. The highest BCUT2D eigenvalue weighted by atomic mass is 79.9. The van der Waals surface area contributed by atoms with Gasteiger partial charge in [-0.15, -0.1) is 0 Å². The summed E-state index contributed by atoms with van der Waals surface area (Å²) in [5, 5.41) is 3.84. The average molecular weight is 419 g/mol. The predicted octanol–water partition coefficient (Wildman–Crippen LogP) is 5.91. The molecule has 0 aliphatic heterocycles. The van der Waals surface area contributed by atoms with E-state index in [1.54, 1.807) is 12.3 Å². The van der Waals surface area contributed by atoms with E-state index in [2.05, 4.69) is 26.2 Å². The lowest BCUT2D eigenvalue weighted by molar-refractivity contribution is -0.111. The second-order valence-electron chi connectivity index (χ2n) is 5.91. The van der Waals surface area contributed by atoms with Crippen LogP contribution in [0.3, 0.4) is 0 Å². The van der Waals surface area contributed by atoms with Crippen LogP contribution in [-0.2, 0) is 4.79 Å². The van der Waals surface area contributed by atoms with Crippen molar-refractivity contribution in [3.8, 4) is 11.3 Å². The number of carbonyl (C=O) groups is 1. The zero-order valence-electron chi connectivity index (χ0n) is 14.2. The zero-order valence-corrected chi connectivity index (χ0v) is 15.8. The zero-order chi connectivity index (χ0) is 18.6. The van der Waals surface area contributed by atoms with Gasteiger partial charge in [-0.25, -0.2) is 0 Å². The molecule has 2 aromatic carbocycles. The van der Waals surface area contributed by atoms with Crippen LogP contribution in [0.5, 0.6) is 0 Å². The molecule has 0 bridgehead atoms. The molecule has 5 heteroatoms. The monoisotopic (exact) mass is 418 g/mol. The van der Waals surface area contributed by atoms with Crippen molar-refractivity contribution in [2.45, 2.75) is 0 Å². The van der Waals surface area contributed by atoms with Gasteiger partial charge >= 0.3 is 0 Å². The lowest BCUT2D eigenvalue weighted by Gasteiger charge is -2.05. The molecule has 4 aromatic rings. The van der Waals surface area contributed by atoms with E-state index < -0.39 is 0 Å². The SMILES string of the molecule is O=C(/C=C/c1ccc(-c2ccc(Br)cc2)o1)Nc1cccc2cccnc12. The highest BCUT2D eigenvalue weighted by Crippen LogP contribution is 2.25. The molecular formula is C22H15BrN2O2. The number of carbonyl (C=O) groups excluding carboxylic acids is 1. The molecule has 0 aliphatic rings. The molecule has 132 valence electrons. The Morgan fingerprint density at radius 2 is 1.81 bits per heavy atom. The molecule has 0 atom stereocenters. The number of hydrogen-bond acceptors (Lipinski definition) is 3. The fourth-order valence-electron chi connectivity index (χ4n) is 2.75. The fourth-order valence-corrected chi connectivity index (χ4v) is 3.01. The summed E-state index contributed by atoms with van der Waals surface area (Å²) >= 11 is 3.42. The molecule has 1 N–H and O–H groups in total. The summed E-state index contributed by atoms with van der Waals surface area (Å²) in [5.74, 6) is 1.12. The molecule has 4 rings (SSSR count). The first-order valence-corrected chi connectivity index (χ1v) is 9.17. The van der Waals surface area contributed by atoms with Crippen molar-refractivity contribution in [2.24, 2.45) is 0 Å². The molecule has 4 nitrogen and oxygen atoms in total. The Morgan fingerprint density at radius 1 is 1.00 bits per heavy atom. The van der Waals surface area contributed by atoms with Crippen LogP contribution >= 0.6 is 15.9 Å². The van der Waals surface area contributed by atoms with Gasteiger partial charge in [0.25, 0.3) is 0 Å². The van der Waals surface area contributed by atoms with Crippen molar-refractivity contribution < 1.29 is 9.21 Å². The number of fused-ring (bicyclic) bond motifs is 1. The Hall–Kier alpha value is -3.18. The van der Waals surface area contributed by atoms with E-state index in [4.69, 9.17) is 4.42 Å². The minimum absolute atomic E-state index is 0.241. The van der Waals surface area contributed by atoms with Gasteiger partial charge < -0.3 is 9.73 Å². The maximum Gasteiger partial charge on any atom is 0.248 e. The summed E-state index contributed by atoms with van der Waals surface area (Å²) in [6, 6.07) is 21.1. The quantitative estimate of drug-likeness (QED) is 0.419. The Balaban J connectivity index is 1.48. The summed E-state index contributed by atoms with van der Waals surface area (Å²) in [6.07, 6.45) is 4.81. The van der Waals surface area contributed by atoms with Crippen LogP contribution in [-0.4, -0.2) is 10.9 Å². The van der Waals surface area contributed by atoms with Crippen LogP contribution in [0, 0.1) is 0 Å². The number of benzene rings is 2. The molecule has 27 heavy (non-hydrogen) atoms. The highest BCUT2D eigenvalue weighted by molar-refractivity contribution is 9.10. The first kappa shape index (κ1) is 17.2. The average Bonchev–Trinajstić information content (AvgIpc) is 3.16. The van der Waals surface area contributed by atoms with Crippen molar-refractivity contribution in [1.82, 2.24) is 4.98 Å². The number of nitrogens with zero attached hydrogens (tertiary/aromatic N) is 1. The van der Waals surface area contributed by atoms with E-state index in [-0.39, 0.29) is 5.91 Å². The van der Waals surface area contributed by atoms with Crippen molar-refractivity contribution in [3.63, 3.8) is 0 Å². The fraction of sp³-hybridized carbons (Fsp3) is 0. The summed E-state index contributed by atoms with van der Waals surface area (Å²) in [5.41, 5.74) is 2.42. The van der Waals surface area contributed by atoms with Crippen LogP contribution in [0.1, 0.15) is 5.76 Å². The molecule has 0 saturated heterocycles. The van der Waals surface area contributed by atoms with E-state index in [1.165, 1.54) is 6.08 Å². The van der Waals surface area contributed by atoms with Crippen molar-refractivity contribution in [1.29, 1.82) is 0 Å². The van der Waals surface area contributed by atoms with Crippen LogP contribution in [0.2, 0.25) is 0 Å². The lowest BCUT2D eigenvalue weighted by Crippen LogP contribution is -2.08. The minimum Gasteiger partial charge on any atom is -0.457 e. The summed E-state index contributed by atoms with van der Waals surface area (Å²) in [6.45, 7) is 0. The molecule has 2 heterocycles. The van der Waals surface area contributed by atoms with Gasteiger partial charge in [0.1, 0.15) is 11.5 Å². The van der Waals surface area contributed by atoms with Crippen molar-refractivity contribution >= 4 is 44.5 Å². The van der Waals surface area contributed by atoms with Crippen LogP contribution < -0.4 is 5.32 Å². The summed E-state index contributed by atoms with van der Waals surface area (Å²) in [7, 11) is 0. The number of anilines is 1. The van der Waals surface area contributed by atoms with E-state index >= 15 is 0 Å². The third-order valence-electron chi connectivity index (χ3n) is 4.05. The first-order chi connectivity index (χ1) is 13.2. The summed E-state index contributed by atoms with van der Waals surface area (Å²) < 4.78 is 6.80. The maximum absolute atomic E-state index is 12.3. The van der Waals surface area contributed by atoms with Crippen molar-refractivity contribution in [3.05, 3.63) is 89.2 Å². The van der Waals surface area contributed by atoms with Gasteiger partial charge in [-0.2, -0.15) is 0 Å². The highest BCUT2D eigenvalue weighted by Gasteiger charge is 2.06. The van der Waals surface area contributed by atoms with Gasteiger partial charge in [-0.3, -0.25) is 9.78 Å². The van der Waals surface area contributed by atoms with Crippen molar-refractivity contribution in [2.75, 3.05) is 5.32 Å². The first-order valence-electron chi connectivity index (χ1n) is 8.38. The van der Waals surface area contributed by atoms with Gasteiger partial charge in [-0.05, 0) is 42.5 Å².